The Hall–Kier alpha value is -1.27. The predicted octanol–water partition coefficient (Wildman–Crippen LogP) is 3.69. The van der Waals surface area contributed by atoms with E-state index in [1.165, 1.54) is 6.07 Å². The van der Waals surface area contributed by atoms with Gasteiger partial charge in [-0.3, -0.25) is 4.79 Å². The molecule has 0 aliphatic carbocycles. The summed E-state index contributed by atoms with van der Waals surface area (Å²) >= 11 is 0. The lowest BCUT2D eigenvalue weighted by Gasteiger charge is -2.17. The van der Waals surface area contributed by atoms with Gasteiger partial charge in [0.05, 0.1) is 11.6 Å². The Balaban J connectivity index is 0.00000264. The van der Waals surface area contributed by atoms with Crippen molar-refractivity contribution in [3.63, 3.8) is 0 Å². The van der Waals surface area contributed by atoms with Crippen LogP contribution in [0.3, 0.4) is 0 Å². The molecule has 2 unspecified atom stereocenters. The zero-order valence-corrected chi connectivity index (χ0v) is 13.8. The Morgan fingerprint density at radius 1 is 1.43 bits per heavy atom. The summed E-state index contributed by atoms with van der Waals surface area (Å²) in [5.74, 6) is 0.409. The number of hydrogen-bond acceptors (Lipinski definition) is 2. The van der Waals surface area contributed by atoms with E-state index in [1.54, 1.807) is 13.0 Å². The molecular formula is C16H22ClF3N2O. The second-order valence-electron chi connectivity index (χ2n) is 5.81. The van der Waals surface area contributed by atoms with E-state index in [0.717, 1.165) is 38.1 Å². The van der Waals surface area contributed by atoms with Crippen molar-refractivity contribution in [1.82, 2.24) is 10.6 Å². The van der Waals surface area contributed by atoms with Crippen LogP contribution in [0.25, 0.3) is 0 Å². The molecule has 2 atom stereocenters. The first-order valence-corrected chi connectivity index (χ1v) is 7.53. The standard InChI is InChI=1S/C16H21F3N2O.ClH/c1-11(13-3-2-4-14(9-13)16(17,18)19)21-15(22)6-5-12-7-8-20-10-12;/h2-4,9,11-12,20H,5-8,10H2,1H3,(H,21,22);1H. The average molecular weight is 351 g/mol. The molecule has 0 radical (unpaired) electrons. The van der Waals surface area contributed by atoms with Gasteiger partial charge in [-0.15, -0.1) is 12.4 Å². The Morgan fingerprint density at radius 3 is 2.78 bits per heavy atom. The summed E-state index contributed by atoms with van der Waals surface area (Å²) in [6.45, 7) is 3.63. The van der Waals surface area contributed by atoms with Crippen molar-refractivity contribution >= 4 is 18.3 Å². The fraction of sp³-hybridized carbons (Fsp3) is 0.562. The molecule has 1 aliphatic heterocycles. The van der Waals surface area contributed by atoms with Gasteiger partial charge in [0.25, 0.3) is 0 Å². The van der Waals surface area contributed by atoms with Crippen LogP contribution in [0, 0.1) is 5.92 Å². The summed E-state index contributed by atoms with van der Waals surface area (Å²) in [6, 6.07) is 4.65. The van der Waals surface area contributed by atoms with Gasteiger partial charge in [0.1, 0.15) is 0 Å². The highest BCUT2D eigenvalue weighted by Crippen LogP contribution is 2.30. The summed E-state index contributed by atoms with van der Waals surface area (Å²) in [6.07, 6.45) is -2.06. The predicted molar refractivity (Wildman–Crippen MR) is 85.5 cm³/mol. The topological polar surface area (TPSA) is 41.1 Å². The van der Waals surface area contributed by atoms with Crippen LogP contribution in [-0.4, -0.2) is 19.0 Å². The van der Waals surface area contributed by atoms with Crippen LogP contribution < -0.4 is 10.6 Å². The van der Waals surface area contributed by atoms with E-state index in [9.17, 15) is 18.0 Å². The molecular weight excluding hydrogens is 329 g/mol. The molecule has 1 amide bonds. The van der Waals surface area contributed by atoms with Gasteiger partial charge < -0.3 is 10.6 Å². The Labute approximate surface area is 140 Å². The van der Waals surface area contributed by atoms with Crippen LogP contribution in [0.15, 0.2) is 24.3 Å². The molecule has 0 aromatic heterocycles. The maximum Gasteiger partial charge on any atom is 0.416 e. The van der Waals surface area contributed by atoms with Crippen molar-refractivity contribution in [2.75, 3.05) is 13.1 Å². The zero-order valence-electron chi connectivity index (χ0n) is 13.0. The van der Waals surface area contributed by atoms with Gasteiger partial charge in [0.2, 0.25) is 5.91 Å². The Kier molecular flexibility index (Phi) is 7.35. The van der Waals surface area contributed by atoms with Gasteiger partial charge in [0.15, 0.2) is 0 Å². The molecule has 1 aromatic carbocycles. The summed E-state index contributed by atoms with van der Waals surface area (Å²) in [5.41, 5.74) is -0.228. The number of rotatable bonds is 5. The number of nitrogens with one attached hydrogen (secondary N) is 2. The normalized spacial score (nSPS) is 19.0. The molecule has 0 saturated carbocycles. The largest absolute Gasteiger partial charge is 0.416 e. The summed E-state index contributed by atoms with van der Waals surface area (Å²) in [7, 11) is 0. The number of halogens is 4. The second kappa shape index (κ2) is 8.55. The minimum Gasteiger partial charge on any atom is -0.350 e. The van der Waals surface area contributed by atoms with E-state index in [-0.39, 0.29) is 18.3 Å². The molecule has 2 rings (SSSR count). The minimum absolute atomic E-state index is 0. The van der Waals surface area contributed by atoms with Gasteiger partial charge in [0, 0.05) is 6.42 Å². The van der Waals surface area contributed by atoms with E-state index in [0.29, 0.717) is 17.9 Å². The highest BCUT2D eigenvalue weighted by Gasteiger charge is 2.30. The van der Waals surface area contributed by atoms with Crippen LogP contribution >= 0.6 is 12.4 Å². The lowest BCUT2D eigenvalue weighted by atomic mass is 10.0. The lowest BCUT2D eigenvalue weighted by Crippen LogP contribution is -2.27. The molecule has 2 N–H and O–H groups in total. The van der Waals surface area contributed by atoms with E-state index in [1.807, 2.05) is 0 Å². The van der Waals surface area contributed by atoms with Crippen molar-refractivity contribution in [3.8, 4) is 0 Å². The highest BCUT2D eigenvalue weighted by atomic mass is 35.5. The first-order chi connectivity index (χ1) is 10.4. The molecule has 0 bridgehead atoms. The van der Waals surface area contributed by atoms with E-state index < -0.39 is 17.8 Å². The van der Waals surface area contributed by atoms with E-state index >= 15 is 0 Å². The van der Waals surface area contributed by atoms with Crippen molar-refractivity contribution in [2.45, 2.75) is 38.4 Å². The summed E-state index contributed by atoms with van der Waals surface area (Å²) in [4.78, 5) is 11.9. The van der Waals surface area contributed by atoms with Crippen molar-refractivity contribution < 1.29 is 18.0 Å². The molecule has 130 valence electrons. The zero-order chi connectivity index (χ0) is 16.2. The SMILES string of the molecule is CC(NC(=O)CCC1CCNC1)c1cccc(C(F)(F)F)c1.Cl. The monoisotopic (exact) mass is 350 g/mol. The maximum atomic E-state index is 12.7. The molecule has 23 heavy (non-hydrogen) atoms. The van der Waals surface area contributed by atoms with Crippen LogP contribution in [0.2, 0.25) is 0 Å². The number of hydrogen-bond donors (Lipinski definition) is 2. The van der Waals surface area contributed by atoms with Crippen molar-refractivity contribution in [3.05, 3.63) is 35.4 Å². The fourth-order valence-electron chi connectivity index (χ4n) is 2.68. The lowest BCUT2D eigenvalue weighted by molar-refractivity contribution is -0.137. The van der Waals surface area contributed by atoms with Crippen LogP contribution in [0.4, 0.5) is 13.2 Å². The average Bonchev–Trinajstić information content (AvgIpc) is 2.97. The third kappa shape index (κ3) is 6.03. The van der Waals surface area contributed by atoms with Gasteiger partial charge >= 0.3 is 6.18 Å². The molecule has 1 aromatic rings. The molecule has 0 spiro atoms. The smallest absolute Gasteiger partial charge is 0.350 e. The summed E-state index contributed by atoms with van der Waals surface area (Å²) in [5, 5.41) is 6.02. The molecule has 1 saturated heterocycles. The molecule has 1 fully saturated rings. The second-order valence-corrected chi connectivity index (χ2v) is 5.81. The third-order valence-electron chi connectivity index (χ3n) is 4.03. The van der Waals surface area contributed by atoms with Crippen molar-refractivity contribution in [1.29, 1.82) is 0 Å². The quantitative estimate of drug-likeness (QED) is 0.850. The number of carbonyl (C=O) groups excluding carboxylic acids is 1. The first kappa shape index (κ1) is 19.8. The van der Waals surface area contributed by atoms with Gasteiger partial charge in [-0.05, 0) is 56.5 Å². The molecule has 1 aliphatic rings. The maximum absolute atomic E-state index is 12.7. The fourth-order valence-corrected chi connectivity index (χ4v) is 2.68. The first-order valence-electron chi connectivity index (χ1n) is 7.53. The van der Waals surface area contributed by atoms with Crippen molar-refractivity contribution in [2.24, 2.45) is 5.92 Å². The third-order valence-corrected chi connectivity index (χ3v) is 4.03. The Morgan fingerprint density at radius 2 is 2.17 bits per heavy atom. The minimum atomic E-state index is -4.37. The van der Waals surface area contributed by atoms with E-state index in [4.69, 9.17) is 0 Å². The number of carbonyl (C=O) groups is 1. The number of benzene rings is 1. The Bertz CT molecular complexity index is 516. The molecule has 3 nitrogen and oxygen atoms in total. The summed E-state index contributed by atoms with van der Waals surface area (Å²) < 4.78 is 38.1. The van der Waals surface area contributed by atoms with Gasteiger partial charge in [-0.2, -0.15) is 13.2 Å². The molecule has 7 heteroatoms. The van der Waals surface area contributed by atoms with Crippen LogP contribution in [0.5, 0.6) is 0 Å². The van der Waals surface area contributed by atoms with Gasteiger partial charge in [-0.1, -0.05) is 12.1 Å². The van der Waals surface area contributed by atoms with E-state index in [2.05, 4.69) is 10.6 Å². The van der Waals surface area contributed by atoms with Crippen LogP contribution in [0.1, 0.15) is 43.4 Å². The van der Waals surface area contributed by atoms with Crippen LogP contribution in [-0.2, 0) is 11.0 Å². The van der Waals surface area contributed by atoms with Gasteiger partial charge in [-0.25, -0.2) is 0 Å². The highest BCUT2D eigenvalue weighted by molar-refractivity contribution is 5.85. The molecule has 1 heterocycles. The number of alkyl halides is 3. The number of amides is 1.